The lowest BCUT2D eigenvalue weighted by Crippen LogP contribution is -2.76. The molecule has 1 aromatic heterocycles. The largest absolute Gasteiger partial charge is 0.443 e. The minimum absolute atomic E-state index is 0.102. The molecule has 0 bridgehead atoms. The molecule has 222 valence electrons. The van der Waals surface area contributed by atoms with Gasteiger partial charge < -0.3 is 34.5 Å². The van der Waals surface area contributed by atoms with Crippen molar-refractivity contribution in [2.45, 2.75) is 81.9 Å². The van der Waals surface area contributed by atoms with Crippen molar-refractivity contribution in [3.05, 3.63) is 47.2 Å². The predicted molar refractivity (Wildman–Crippen MR) is 155 cm³/mol. The van der Waals surface area contributed by atoms with E-state index < -0.39 is 40.0 Å². The second kappa shape index (κ2) is 9.14. The molecule has 3 aliphatic carbocycles. The number of ketones is 1. The normalized spacial score (nSPS) is 37.2. The highest BCUT2D eigenvalue weighted by atomic mass is 16.7. The van der Waals surface area contributed by atoms with Gasteiger partial charge in [0.2, 0.25) is 0 Å². The first-order valence-corrected chi connectivity index (χ1v) is 14.7. The number of benzene rings is 1. The van der Waals surface area contributed by atoms with Crippen LogP contribution in [0.4, 0.5) is 4.79 Å². The van der Waals surface area contributed by atoms with Gasteiger partial charge in [-0.15, -0.1) is 0 Å². The number of carbonyl (C=O) groups is 2. The van der Waals surface area contributed by atoms with Gasteiger partial charge in [-0.25, -0.2) is 4.79 Å². The molecule has 0 saturated heterocycles. The number of hydrogen-bond acceptors (Lipinski definition) is 7. The Morgan fingerprint density at radius 1 is 1.20 bits per heavy atom. The van der Waals surface area contributed by atoms with Crippen molar-refractivity contribution in [3.8, 4) is 0 Å². The van der Waals surface area contributed by atoms with E-state index in [-0.39, 0.29) is 11.7 Å². The van der Waals surface area contributed by atoms with Crippen LogP contribution in [-0.4, -0.2) is 84.3 Å². The maximum atomic E-state index is 13.4. The number of carbonyl (C=O) groups excluding carboxylic acids is 2. The molecule has 6 atom stereocenters. The van der Waals surface area contributed by atoms with E-state index in [0.717, 1.165) is 17.6 Å². The molecule has 1 aliphatic heterocycles. The number of aromatic nitrogens is 1. The number of fused-ring (bicyclic) bond motifs is 9. The van der Waals surface area contributed by atoms with Crippen LogP contribution in [0.15, 0.2) is 35.9 Å². The molecule has 1 amide bonds. The minimum atomic E-state index is -1.74. The monoisotopic (exact) mass is 565 g/mol. The topological polar surface area (TPSA) is 113 Å². The molecule has 9 heteroatoms. The maximum absolute atomic E-state index is 13.4. The molecule has 3 N–H and O–H groups in total. The number of nitrogens with one attached hydrogen (secondary N) is 2. The Kier molecular flexibility index (Phi) is 6.33. The molecule has 6 rings (SSSR count). The summed E-state index contributed by atoms with van der Waals surface area (Å²) < 4.78 is 18.6. The van der Waals surface area contributed by atoms with Crippen molar-refractivity contribution in [1.29, 1.82) is 0 Å². The molecule has 2 saturated carbocycles. The summed E-state index contributed by atoms with van der Waals surface area (Å²) in [5.41, 5.74) is -0.409. The molecule has 41 heavy (non-hydrogen) atoms. The molecular formula is C32H43N3O6. The van der Waals surface area contributed by atoms with Crippen LogP contribution in [0.5, 0.6) is 0 Å². The lowest BCUT2D eigenvalue weighted by atomic mass is 9.41. The van der Waals surface area contributed by atoms with Crippen LogP contribution in [0, 0.1) is 11.3 Å². The maximum Gasteiger partial charge on any atom is 0.407 e. The van der Waals surface area contributed by atoms with E-state index in [1.807, 2.05) is 31.1 Å². The fraction of sp³-hybridized carbons (Fsp3) is 0.625. The molecule has 9 nitrogen and oxygen atoms in total. The summed E-state index contributed by atoms with van der Waals surface area (Å²) in [6.45, 7) is 8.82. The van der Waals surface area contributed by atoms with Crippen LogP contribution in [-0.2, 0) is 30.8 Å². The first-order valence-electron chi connectivity index (χ1n) is 14.7. The van der Waals surface area contributed by atoms with Gasteiger partial charge in [0, 0.05) is 59.6 Å². The Labute approximate surface area is 241 Å². The summed E-state index contributed by atoms with van der Waals surface area (Å²) in [6, 6.07) is 8.30. The second-order valence-corrected chi connectivity index (χ2v) is 13.6. The number of para-hydroxylation sites is 1. The number of alkyl carbamates (subject to hydrolysis) is 1. The predicted octanol–water partition coefficient (Wildman–Crippen LogP) is 3.84. The molecule has 2 fully saturated rings. The number of nitrogens with zero attached hydrogens (tertiary/aromatic N) is 1. The van der Waals surface area contributed by atoms with Crippen LogP contribution < -0.4 is 5.32 Å². The van der Waals surface area contributed by atoms with E-state index in [0.29, 0.717) is 37.9 Å². The first-order chi connectivity index (χ1) is 19.2. The van der Waals surface area contributed by atoms with Crippen LogP contribution >= 0.6 is 0 Å². The average molecular weight is 566 g/mol. The van der Waals surface area contributed by atoms with Gasteiger partial charge >= 0.3 is 6.09 Å². The molecule has 2 heterocycles. The van der Waals surface area contributed by atoms with Crippen molar-refractivity contribution >= 4 is 22.8 Å². The van der Waals surface area contributed by atoms with E-state index in [2.05, 4.69) is 36.3 Å². The summed E-state index contributed by atoms with van der Waals surface area (Å²) >= 11 is 0. The van der Waals surface area contributed by atoms with Crippen LogP contribution in [0.25, 0.3) is 10.9 Å². The summed E-state index contributed by atoms with van der Waals surface area (Å²) in [4.78, 5) is 32.3. The summed E-state index contributed by atoms with van der Waals surface area (Å²) in [5, 5.41) is 17.3. The third kappa shape index (κ3) is 3.68. The van der Waals surface area contributed by atoms with Gasteiger partial charge in [0.1, 0.15) is 17.3 Å². The zero-order valence-corrected chi connectivity index (χ0v) is 25.2. The van der Waals surface area contributed by atoms with E-state index in [1.54, 1.807) is 21.0 Å². The van der Waals surface area contributed by atoms with E-state index in [4.69, 9.17) is 14.2 Å². The van der Waals surface area contributed by atoms with Crippen LogP contribution in [0.3, 0.4) is 0 Å². The third-order valence-electron chi connectivity index (χ3n) is 11.0. The Morgan fingerprint density at radius 3 is 2.63 bits per heavy atom. The SMILES string of the molecule is CO[C@]12CC[C@]3(C)[C@@]4(C)c5[nH]c6ccccc6c5C[C@@H]4C[C@H](OC(=O)NCCN(C)C)[C@@]3(O)C1=CC(=O)C(C)(C)O2. The number of aliphatic hydroxyl groups is 1. The number of rotatable bonds is 5. The van der Waals surface area contributed by atoms with Gasteiger partial charge in [-0.05, 0) is 70.8 Å². The highest BCUT2D eigenvalue weighted by Crippen LogP contribution is 2.71. The Balaban J connectivity index is 1.51. The zero-order valence-electron chi connectivity index (χ0n) is 25.2. The van der Waals surface area contributed by atoms with Crippen molar-refractivity contribution in [2.75, 3.05) is 34.3 Å². The molecule has 1 aromatic carbocycles. The fourth-order valence-electron chi connectivity index (χ4n) is 8.53. The minimum Gasteiger partial charge on any atom is -0.443 e. The number of likely N-dealkylation sites (N-methyl/N-ethyl adjacent to an activating group) is 1. The number of amides is 1. The molecule has 0 unspecified atom stereocenters. The number of hydrogen-bond donors (Lipinski definition) is 3. The summed E-state index contributed by atoms with van der Waals surface area (Å²) in [6.07, 6.45) is 2.22. The van der Waals surface area contributed by atoms with E-state index in [1.165, 1.54) is 17.0 Å². The van der Waals surface area contributed by atoms with Gasteiger partial charge in [-0.1, -0.05) is 32.0 Å². The average Bonchev–Trinajstić information content (AvgIpc) is 3.41. The van der Waals surface area contributed by atoms with E-state index in [9.17, 15) is 14.7 Å². The standard InChI is InChI=1S/C32H43N3O6/c1-28(2)24(36)18-23-31(39-7,41-28)13-12-29(3)30(4)19(16-21-20-10-8-9-11-22(20)34-26(21)30)17-25(32(23,29)38)40-27(37)33-14-15-35(5)6/h8-11,18-19,25,34,38H,12-17H2,1-7H3,(H,33,37)/t19-,25+,29-,30-,31+,32+/m1/s1. The van der Waals surface area contributed by atoms with E-state index >= 15 is 0 Å². The lowest BCUT2D eigenvalue weighted by molar-refractivity contribution is -0.309. The Bertz CT molecular complexity index is 1450. The fourth-order valence-corrected chi connectivity index (χ4v) is 8.53. The Morgan fingerprint density at radius 2 is 1.93 bits per heavy atom. The van der Waals surface area contributed by atoms with Crippen LogP contribution in [0.2, 0.25) is 0 Å². The molecule has 4 aliphatic rings. The zero-order chi connectivity index (χ0) is 29.6. The highest BCUT2D eigenvalue weighted by Gasteiger charge is 2.76. The van der Waals surface area contributed by atoms with Crippen molar-refractivity contribution < 1.29 is 28.9 Å². The second-order valence-electron chi connectivity index (χ2n) is 13.6. The number of H-pyrrole nitrogens is 1. The van der Waals surface area contributed by atoms with Gasteiger partial charge in [-0.2, -0.15) is 0 Å². The molecule has 2 aromatic rings. The highest BCUT2D eigenvalue weighted by molar-refractivity contribution is 5.98. The molecular weight excluding hydrogens is 522 g/mol. The molecule has 0 radical (unpaired) electrons. The van der Waals surface area contributed by atoms with Gasteiger partial charge in [0.25, 0.3) is 0 Å². The number of aromatic amines is 1. The smallest absolute Gasteiger partial charge is 0.407 e. The third-order valence-corrected chi connectivity index (χ3v) is 11.0. The summed E-state index contributed by atoms with van der Waals surface area (Å²) in [7, 11) is 5.42. The molecule has 0 spiro atoms. The van der Waals surface area contributed by atoms with Crippen molar-refractivity contribution in [2.24, 2.45) is 11.3 Å². The quantitative estimate of drug-likeness (QED) is 0.505. The Hall–Kier alpha value is -2.72. The van der Waals surface area contributed by atoms with Crippen molar-refractivity contribution in [1.82, 2.24) is 15.2 Å². The lowest BCUT2D eigenvalue weighted by Gasteiger charge is -2.68. The van der Waals surface area contributed by atoms with Gasteiger partial charge in [0.05, 0.1) is 0 Å². The van der Waals surface area contributed by atoms with Crippen LogP contribution in [0.1, 0.15) is 58.2 Å². The number of methoxy groups -OCH3 is 1. The first kappa shape index (κ1) is 28.4. The summed E-state index contributed by atoms with van der Waals surface area (Å²) in [5.74, 6) is -1.47. The number of ether oxygens (including phenoxy) is 3. The van der Waals surface area contributed by atoms with Gasteiger partial charge in [0.15, 0.2) is 11.6 Å². The van der Waals surface area contributed by atoms with Crippen molar-refractivity contribution in [3.63, 3.8) is 0 Å². The van der Waals surface area contributed by atoms with Gasteiger partial charge in [-0.3, -0.25) is 4.79 Å².